The third-order valence-corrected chi connectivity index (χ3v) is 6.74. The number of piperidine rings is 2. The first-order valence-corrected chi connectivity index (χ1v) is 10.0. The van der Waals surface area contributed by atoms with Gasteiger partial charge in [0.1, 0.15) is 0 Å². The molecule has 23 heavy (non-hydrogen) atoms. The van der Waals surface area contributed by atoms with Crippen molar-refractivity contribution in [3.63, 3.8) is 0 Å². The fourth-order valence-corrected chi connectivity index (χ4v) is 5.00. The average Bonchev–Trinajstić information content (AvgIpc) is 2.56. The summed E-state index contributed by atoms with van der Waals surface area (Å²) in [7, 11) is -3.34. The molecule has 0 aromatic rings. The summed E-state index contributed by atoms with van der Waals surface area (Å²) in [5, 5.41) is 2.98. The topological polar surface area (TPSA) is 69.7 Å². The Bertz CT molecular complexity index is 507. The Labute approximate surface area is 140 Å². The second-order valence-electron chi connectivity index (χ2n) is 6.57. The lowest BCUT2D eigenvalue weighted by Crippen LogP contribution is -2.50. The summed E-state index contributed by atoms with van der Waals surface area (Å²) < 4.78 is 28.4. The molecule has 0 spiro atoms. The normalized spacial score (nSPS) is 23.3. The predicted octanol–water partition coefficient (Wildman–Crippen LogP) is 1.51. The number of hydrogen-bond acceptors (Lipinski definition) is 3. The molecule has 0 unspecified atom stereocenters. The second-order valence-corrected chi connectivity index (χ2v) is 8.50. The molecule has 0 aliphatic carbocycles. The minimum absolute atomic E-state index is 0.0365. The number of amides is 1. The van der Waals surface area contributed by atoms with Crippen LogP contribution in [-0.4, -0.2) is 55.2 Å². The van der Waals surface area contributed by atoms with E-state index in [0.717, 1.165) is 25.7 Å². The SMILES string of the molecule is C=CC[C@H](C)NC(=O)C1CCN(S(=O)(=O)N2CCCCC2)CC1. The van der Waals surface area contributed by atoms with Gasteiger partial charge in [0.05, 0.1) is 0 Å². The second kappa shape index (κ2) is 8.26. The van der Waals surface area contributed by atoms with Gasteiger partial charge in [0.15, 0.2) is 0 Å². The van der Waals surface area contributed by atoms with Crippen molar-refractivity contribution in [2.45, 2.75) is 51.5 Å². The summed E-state index contributed by atoms with van der Waals surface area (Å²) >= 11 is 0. The van der Waals surface area contributed by atoms with E-state index in [2.05, 4.69) is 11.9 Å². The minimum Gasteiger partial charge on any atom is -0.353 e. The van der Waals surface area contributed by atoms with Crippen molar-refractivity contribution < 1.29 is 13.2 Å². The predicted molar refractivity (Wildman–Crippen MR) is 91.1 cm³/mol. The molecule has 1 amide bonds. The average molecular weight is 343 g/mol. The van der Waals surface area contributed by atoms with E-state index < -0.39 is 10.2 Å². The third kappa shape index (κ3) is 4.78. The van der Waals surface area contributed by atoms with Gasteiger partial charge in [-0.1, -0.05) is 12.5 Å². The zero-order valence-electron chi connectivity index (χ0n) is 14.0. The number of carbonyl (C=O) groups excluding carboxylic acids is 1. The number of carbonyl (C=O) groups is 1. The van der Waals surface area contributed by atoms with Gasteiger partial charge in [-0.25, -0.2) is 0 Å². The van der Waals surface area contributed by atoms with Crippen LogP contribution in [0.3, 0.4) is 0 Å². The van der Waals surface area contributed by atoms with Crippen LogP contribution in [0.15, 0.2) is 12.7 Å². The Balaban J connectivity index is 1.85. The van der Waals surface area contributed by atoms with Gasteiger partial charge in [0, 0.05) is 38.1 Å². The van der Waals surface area contributed by atoms with Gasteiger partial charge in [-0.3, -0.25) is 4.79 Å². The summed E-state index contributed by atoms with van der Waals surface area (Å²) in [6.07, 6.45) is 6.72. The summed E-state index contributed by atoms with van der Waals surface area (Å²) in [6, 6.07) is 0.0788. The van der Waals surface area contributed by atoms with E-state index in [1.165, 1.54) is 0 Å². The quantitative estimate of drug-likeness (QED) is 0.743. The summed E-state index contributed by atoms with van der Waals surface area (Å²) in [5.74, 6) is -0.0514. The van der Waals surface area contributed by atoms with Crippen molar-refractivity contribution >= 4 is 16.1 Å². The van der Waals surface area contributed by atoms with Crippen molar-refractivity contribution in [1.29, 1.82) is 0 Å². The molecule has 2 saturated heterocycles. The molecule has 2 fully saturated rings. The molecule has 6 nitrogen and oxygen atoms in total. The first-order valence-electron chi connectivity index (χ1n) is 8.61. The van der Waals surface area contributed by atoms with Gasteiger partial charge in [-0.15, -0.1) is 6.58 Å². The maximum atomic E-state index is 12.6. The van der Waals surface area contributed by atoms with Crippen molar-refractivity contribution in [3.05, 3.63) is 12.7 Å². The molecule has 0 radical (unpaired) electrons. The highest BCUT2D eigenvalue weighted by Gasteiger charge is 2.35. The number of hydrogen-bond donors (Lipinski definition) is 1. The number of nitrogens with zero attached hydrogens (tertiary/aromatic N) is 2. The highest BCUT2D eigenvalue weighted by atomic mass is 32.2. The molecule has 7 heteroatoms. The van der Waals surface area contributed by atoms with Crippen LogP contribution in [0.4, 0.5) is 0 Å². The van der Waals surface area contributed by atoms with Crippen LogP contribution in [0.1, 0.15) is 45.4 Å². The maximum absolute atomic E-state index is 12.6. The molecule has 1 atom stereocenters. The van der Waals surface area contributed by atoms with Gasteiger partial charge >= 0.3 is 0 Å². The van der Waals surface area contributed by atoms with Gasteiger partial charge in [-0.2, -0.15) is 17.0 Å². The van der Waals surface area contributed by atoms with Gasteiger partial charge in [0.25, 0.3) is 10.2 Å². The van der Waals surface area contributed by atoms with Crippen LogP contribution in [0.5, 0.6) is 0 Å². The number of rotatable bonds is 6. The Kier molecular flexibility index (Phi) is 6.61. The summed E-state index contributed by atoms with van der Waals surface area (Å²) in [6.45, 7) is 7.75. The largest absolute Gasteiger partial charge is 0.353 e. The monoisotopic (exact) mass is 343 g/mol. The molecule has 0 saturated carbocycles. The molecule has 0 aromatic carbocycles. The van der Waals surface area contributed by atoms with Crippen molar-refractivity contribution in [2.24, 2.45) is 5.92 Å². The standard InChI is InChI=1S/C16H29N3O3S/c1-3-7-14(2)17-16(20)15-8-12-19(13-9-15)23(21,22)18-10-5-4-6-11-18/h3,14-15H,1,4-13H2,2H3,(H,17,20)/t14-/m0/s1. The Hall–Kier alpha value is -0.920. The zero-order valence-corrected chi connectivity index (χ0v) is 14.9. The van der Waals surface area contributed by atoms with E-state index in [-0.39, 0.29) is 17.9 Å². The van der Waals surface area contributed by atoms with Crippen molar-refractivity contribution in [1.82, 2.24) is 13.9 Å². The lowest BCUT2D eigenvalue weighted by molar-refractivity contribution is -0.126. The Morgan fingerprint density at radius 2 is 1.74 bits per heavy atom. The molecule has 2 rings (SSSR count). The van der Waals surface area contributed by atoms with E-state index >= 15 is 0 Å². The van der Waals surface area contributed by atoms with E-state index in [4.69, 9.17) is 0 Å². The van der Waals surface area contributed by atoms with Crippen LogP contribution in [0.2, 0.25) is 0 Å². The van der Waals surface area contributed by atoms with Gasteiger partial charge < -0.3 is 5.32 Å². The highest BCUT2D eigenvalue weighted by Crippen LogP contribution is 2.23. The number of nitrogens with one attached hydrogen (secondary N) is 1. The first kappa shape index (κ1) is 18.4. The molecule has 1 N–H and O–H groups in total. The molecular formula is C16H29N3O3S. The lowest BCUT2D eigenvalue weighted by Gasteiger charge is -2.36. The van der Waals surface area contributed by atoms with Crippen molar-refractivity contribution in [3.8, 4) is 0 Å². The molecular weight excluding hydrogens is 314 g/mol. The fourth-order valence-electron chi connectivity index (χ4n) is 3.28. The molecule has 132 valence electrons. The van der Waals surface area contributed by atoms with Crippen LogP contribution in [0.25, 0.3) is 0 Å². The Morgan fingerprint density at radius 3 is 2.30 bits per heavy atom. The van der Waals surface area contributed by atoms with Crippen LogP contribution in [-0.2, 0) is 15.0 Å². The molecule has 0 aromatic heterocycles. The van der Waals surface area contributed by atoms with Gasteiger partial charge in [-0.05, 0) is 39.0 Å². The van der Waals surface area contributed by atoms with E-state index in [9.17, 15) is 13.2 Å². The van der Waals surface area contributed by atoms with E-state index in [1.807, 2.05) is 6.92 Å². The molecule has 0 bridgehead atoms. The van der Waals surface area contributed by atoms with Crippen molar-refractivity contribution in [2.75, 3.05) is 26.2 Å². The fraction of sp³-hybridized carbons (Fsp3) is 0.812. The van der Waals surface area contributed by atoms with Crippen LogP contribution >= 0.6 is 0 Å². The zero-order chi connectivity index (χ0) is 16.9. The maximum Gasteiger partial charge on any atom is 0.281 e. The van der Waals surface area contributed by atoms with Crippen LogP contribution < -0.4 is 5.32 Å². The highest BCUT2D eigenvalue weighted by molar-refractivity contribution is 7.86. The summed E-state index contributed by atoms with van der Waals surface area (Å²) in [4.78, 5) is 12.2. The first-order chi connectivity index (χ1) is 10.9. The van der Waals surface area contributed by atoms with Crippen LogP contribution in [0, 0.1) is 5.92 Å². The molecule has 2 aliphatic heterocycles. The van der Waals surface area contributed by atoms with E-state index in [1.54, 1.807) is 14.7 Å². The molecule has 2 heterocycles. The smallest absolute Gasteiger partial charge is 0.281 e. The van der Waals surface area contributed by atoms with E-state index in [0.29, 0.717) is 39.0 Å². The minimum atomic E-state index is -3.34. The molecule has 2 aliphatic rings. The lowest BCUT2D eigenvalue weighted by atomic mass is 9.97. The Morgan fingerprint density at radius 1 is 1.17 bits per heavy atom. The van der Waals surface area contributed by atoms with Gasteiger partial charge in [0.2, 0.25) is 5.91 Å². The summed E-state index contributed by atoms with van der Waals surface area (Å²) in [5.41, 5.74) is 0. The third-order valence-electron chi connectivity index (χ3n) is 4.70.